The van der Waals surface area contributed by atoms with E-state index in [4.69, 9.17) is 9.15 Å². The normalized spacial score (nSPS) is 31.0. The lowest BCUT2D eigenvalue weighted by molar-refractivity contribution is -0.168. The van der Waals surface area contributed by atoms with Crippen LogP contribution in [0.15, 0.2) is 28.9 Å². The van der Waals surface area contributed by atoms with Gasteiger partial charge in [0.15, 0.2) is 0 Å². The van der Waals surface area contributed by atoms with Gasteiger partial charge in [0.05, 0.1) is 25.3 Å². The molecular formula is C26H42ClNO3. The number of hydrogen-bond donors (Lipinski definition) is 1. The molecule has 0 saturated heterocycles. The molecule has 1 aromatic rings. The van der Waals surface area contributed by atoms with Gasteiger partial charge in [-0.25, -0.2) is 0 Å². The van der Waals surface area contributed by atoms with Gasteiger partial charge in [-0.2, -0.15) is 0 Å². The minimum absolute atomic E-state index is 0. The van der Waals surface area contributed by atoms with Crippen LogP contribution in [0.3, 0.4) is 0 Å². The van der Waals surface area contributed by atoms with E-state index in [1.54, 1.807) is 0 Å². The van der Waals surface area contributed by atoms with Crippen molar-refractivity contribution in [3.05, 3.63) is 35.8 Å². The summed E-state index contributed by atoms with van der Waals surface area (Å²) in [7, 11) is 1.53. The van der Waals surface area contributed by atoms with Gasteiger partial charge in [0, 0.05) is 5.54 Å². The van der Waals surface area contributed by atoms with Gasteiger partial charge in [-0.1, -0.05) is 25.5 Å². The molecule has 4 nitrogen and oxygen atoms in total. The molecule has 2 fully saturated rings. The summed E-state index contributed by atoms with van der Waals surface area (Å²) >= 11 is 0. The number of hydrogen-bond acceptors (Lipinski definition) is 4. The van der Waals surface area contributed by atoms with Gasteiger partial charge in [0.2, 0.25) is 0 Å². The van der Waals surface area contributed by atoms with E-state index in [1.807, 2.05) is 6.26 Å². The predicted molar refractivity (Wildman–Crippen MR) is 128 cm³/mol. The molecule has 1 aromatic heterocycles. The van der Waals surface area contributed by atoms with Crippen LogP contribution in [0.1, 0.15) is 84.5 Å². The first-order chi connectivity index (χ1) is 14.0. The van der Waals surface area contributed by atoms with Crippen LogP contribution in [0, 0.1) is 22.7 Å². The number of methoxy groups -OCH3 is 1. The Labute approximate surface area is 195 Å². The van der Waals surface area contributed by atoms with Crippen molar-refractivity contribution in [2.45, 2.75) is 91.6 Å². The van der Waals surface area contributed by atoms with E-state index in [-0.39, 0.29) is 34.7 Å². The van der Waals surface area contributed by atoms with Gasteiger partial charge in [0.1, 0.15) is 5.76 Å². The van der Waals surface area contributed by atoms with Crippen LogP contribution < -0.4 is 5.32 Å². The van der Waals surface area contributed by atoms with Gasteiger partial charge < -0.3 is 14.5 Å². The van der Waals surface area contributed by atoms with Crippen molar-refractivity contribution in [3.8, 4) is 0 Å². The van der Waals surface area contributed by atoms with Crippen molar-refractivity contribution in [3.63, 3.8) is 0 Å². The molecule has 0 aromatic carbocycles. The maximum atomic E-state index is 12.8. The van der Waals surface area contributed by atoms with E-state index in [1.165, 1.54) is 18.2 Å². The van der Waals surface area contributed by atoms with E-state index in [9.17, 15) is 4.79 Å². The number of allylic oxidation sites excluding steroid dienone is 1. The first-order valence-corrected chi connectivity index (χ1v) is 11.6. The molecule has 0 aliphatic heterocycles. The molecule has 176 valence electrons. The summed E-state index contributed by atoms with van der Waals surface area (Å²) < 4.78 is 11.0. The van der Waals surface area contributed by atoms with Crippen molar-refractivity contribution in [2.75, 3.05) is 7.11 Å². The predicted octanol–water partition coefficient (Wildman–Crippen LogP) is 6.47. The zero-order valence-electron chi connectivity index (χ0n) is 20.3. The number of furan rings is 1. The second kappa shape index (κ2) is 9.70. The Morgan fingerprint density at radius 1 is 1.32 bits per heavy atom. The smallest absolute Gasteiger partial charge is 0.311 e. The van der Waals surface area contributed by atoms with Crippen molar-refractivity contribution in [2.24, 2.45) is 22.7 Å². The Bertz CT molecular complexity index is 780. The fourth-order valence-electron chi connectivity index (χ4n) is 6.35. The molecule has 1 heterocycles. The molecule has 0 spiro atoms. The van der Waals surface area contributed by atoms with Crippen LogP contribution in [-0.2, 0) is 22.5 Å². The SMILES string of the molecule is C=C1CCC2[C@](C)(CCC[C@]2(C)C(=O)OC)[C@H]1CCc1ccoc1CNC(C)(C)C.Cl. The van der Waals surface area contributed by atoms with Crippen molar-refractivity contribution in [1.29, 1.82) is 0 Å². The molecule has 0 radical (unpaired) electrons. The molecule has 1 N–H and O–H groups in total. The van der Waals surface area contributed by atoms with E-state index >= 15 is 0 Å². The van der Waals surface area contributed by atoms with Crippen LogP contribution in [0.4, 0.5) is 0 Å². The van der Waals surface area contributed by atoms with Crippen molar-refractivity contribution >= 4 is 18.4 Å². The highest BCUT2D eigenvalue weighted by Gasteiger charge is 2.57. The van der Waals surface area contributed by atoms with Gasteiger partial charge in [-0.15, -0.1) is 12.4 Å². The number of halogens is 1. The monoisotopic (exact) mass is 451 g/mol. The number of aryl methyl sites for hydroxylation is 1. The first kappa shape index (κ1) is 26.0. The summed E-state index contributed by atoms with van der Waals surface area (Å²) in [5, 5.41) is 3.53. The first-order valence-electron chi connectivity index (χ1n) is 11.6. The standard InChI is InChI=1S/C26H41NO3.ClH/c1-18-9-12-22-25(5,14-8-15-26(22,6)23(28)29-7)20(18)11-10-19-13-16-30-21(19)17-27-24(2,3)4;/h13,16,20,22,27H,1,8-12,14-15,17H2,2-7H3;1H/t20-,22?,25+,26-;/m0./s1. The maximum absolute atomic E-state index is 12.8. The van der Waals surface area contributed by atoms with Gasteiger partial charge in [-0.05, 0) is 95.1 Å². The van der Waals surface area contributed by atoms with E-state index in [0.717, 1.165) is 57.3 Å². The molecule has 2 saturated carbocycles. The Morgan fingerprint density at radius 2 is 2.03 bits per heavy atom. The fraction of sp³-hybridized carbons (Fsp3) is 0.731. The summed E-state index contributed by atoms with van der Waals surface area (Å²) in [4.78, 5) is 12.8. The molecule has 1 unspecified atom stereocenters. The molecule has 4 atom stereocenters. The summed E-state index contributed by atoms with van der Waals surface area (Å²) in [6, 6.07) is 2.12. The second-order valence-electron chi connectivity index (χ2n) is 11.1. The van der Waals surface area contributed by atoms with Crippen molar-refractivity contribution < 1.29 is 13.9 Å². The van der Waals surface area contributed by atoms with Crippen LogP contribution in [0.25, 0.3) is 0 Å². The highest BCUT2D eigenvalue weighted by atomic mass is 35.5. The summed E-state index contributed by atoms with van der Waals surface area (Å²) in [6.45, 7) is 16.3. The number of rotatable bonds is 6. The zero-order valence-corrected chi connectivity index (χ0v) is 21.1. The average Bonchev–Trinajstić information content (AvgIpc) is 3.11. The highest BCUT2D eigenvalue weighted by molar-refractivity contribution is 5.85. The third-order valence-electron chi connectivity index (χ3n) is 7.99. The number of carbonyl (C=O) groups is 1. The molecular weight excluding hydrogens is 410 g/mol. The Hall–Kier alpha value is -1.26. The molecule has 0 bridgehead atoms. The minimum Gasteiger partial charge on any atom is -0.469 e. The quantitative estimate of drug-likeness (QED) is 0.397. The van der Waals surface area contributed by atoms with Crippen molar-refractivity contribution in [1.82, 2.24) is 5.32 Å². The van der Waals surface area contributed by atoms with E-state index in [0.29, 0.717) is 11.8 Å². The minimum atomic E-state index is -0.377. The van der Waals surface area contributed by atoms with Crippen LogP contribution in [0.2, 0.25) is 0 Å². The van der Waals surface area contributed by atoms with Gasteiger partial charge >= 0.3 is 5.97 Å². The number of fused-ring (bicyclic) bond motifs is 1. The lowest BCUT2D eigenvalue weighted by Gasteiger charge is -2.57. The fourth-order valence-corrected chi connectivity index (χ4v) is 6.35. The van der Waals surface area contributed by atoms with Crippen LogP contribution in [-0.4, -0.2) is 18.6 Å². The molecule has 31 heavy (non-hydrogen) atoms. The Kier molecular flexibility index (Phi) is 8.14. The molecule has 3 rings (SSSR count). The van der Waals surface area contributed by atoms with Crippen LogP contribution in [0.5, 0.6) is 0 Å². The topological polar surface area (TPSA) is 51.5 Å². The lowest BCUT2D eigenvalue weighted by atomic mass is 9.46. The van der Waals surface area contributed by atoms with E-state index in [2.05, 4.69) is 52.6 Å². The molecule has 2 aliphatic rings. The number of nitrogens with one attached hydrogen (secondary N) is 1. The number of esters is 1. The van der Waals surface area contributed by atoms with E-state index < -0.39 is 0 Å². The number of ether oxygens (including phenoxy) is 1. The highest BCUT2D eigenvalue weighted by Crippen LogP contribution is 2.62. The molecule has 5 heteroatoms. The lowest BCUT2D eigenvalue weighted by Crippen LogP contribution is -2.53. The number of carbonyl (C=O) groups excluding carboxylic acids is 1. The maximum Gasteiger partial charge on any atom is 0.311 e. The average molecular weight is 452 g/mol. The van der Waals surface area contributed by atoms with Gasteiger partial charge in [0.25, 0.3) is 0 Å². The van der Waals surface area contributed by atoms with Gasteiger partial charge in [-0.3, -0.25) is 4.79 Å². The molecule has 2 aliphatic carbocycles. The molecule has 0 amide bonds. The third-order valence-corrected chi connectivity index (χ3v) is 7.99. The Morgan fingerprint density at radius 3 is 2.68 bits per heavy atom. The summed E-state index contributed by atoms with van der Waals surface area (Å²) in [5.74, 6) is 1.79. The zero-order chi connectivity index (χ0) is 22.2. The third kappa shape index (κ3) is 5.22. The second-order valence-corrected chi connectivity index (χ2v) is 11.1. The summed E-state index contributed by atoms with van der Waals surface area (Å²) in [5.41, 5.74) is 2.43. The summed E-state index contributed by atoms with van der Waals surface area (Å²) in [6.07, 6.45) is 9.09. The van der Waals surface area contributed by atoms with Crippen LogP contribution >= 0.6 is 12.4 Å². The Balaban J connectivity index is 0.00000341. The largest absolute Gasteiger partial charge is 0.469 e.